The van der Waals surface area contributed by atoms with Crippen LogP contribution in [0.2, 0.25) is 10.0 Å². The van der Waals surface area contributed by atoms with Crippen molar-refractivity contribution < 1.29 is 17.9 Å². The lowest BCUT2D eigenvalue weighted by molar-refractivity contribution is 0.477. The Bertz CT molecular complexity index is 809. The van der Waals surface area contributed by atoms with Gasteiger partial charge < -0.3 is 5.11 Å². The standard InChI is InChI=1S/C13H10Cl2FNO3S/c1-7-2-4-10(18)9(6-7)17-21(19,20)11-5-3-8(14)13(16)12(11)15/h2-6,17-18H,1H3. The van der Waals surface area contributed by atoms with Gasteiger partial charge in [0, 0.05) is 0 Å². The van der Waals surface area contributed by atoms with Crippen LogP contribution in [0.25, 0.3) is 0 Å². The van der Waals surface area contributed by atoms with E-state index in [1.54, 1.807) is 13.0 Å². The smallest absolute Gasteiger partial charge is 0.263 e. The minimum absolute atomic E-state index is 0.0265. The molecule has 2 aromatic carbocycles. The van der Waals surface area contributed by atoms with Gasteiger partial charge in [-0.1, -0.05) is 29.3 Å². The van der Waals surface area contributed by atoms with Gasteiger partial charge >= 0.3 is 0 Å². The summed E-state index contributed by atoms with van der Waals surface area (Å²) in [7, 11) is -4.16. The molecule has 2 rings (SSSR count). The van der Waals surface area contributed by atoms with Gasteiger partial charge in [-0.2, -0.15) is 0 Å². The quantitative estimate of drug-likeness (QED) is 0.651. The summed E-state index contributed by atoms with van der Waals surface area (Å²) in [5.41, 5.74) is 0.709. The first kappa shape index (κ1) is 15.9. The number of halogens is 3. The average Bonchev–Trinajstić information content (AvgIpc) is 2.39. The molecule has 0 unspecified atom stereocenters. The van der Waals surface area contributed by atoms with Crippen LogP contribution in [-0.4, -0.2) is 13.5 Å². The van der Waals surface area contributed by atoms with Crippen molar-refractivity contribution in [3.05, 3.63) is 51.8 Å². The molecule has 0 aliphatic heterocycles. The Balaban J connectivity index is 2.49. The second-order valence-electron chi connectivity index (χ2n) is 4.30. The van der Waals surface area contributed by atoms with E-state index in [-0.39, 0.29) is 16.5 Å². The highest BCUT2D eigenvalue weighted by Gasteiger charge is 2.23. The van der Waals surface area contributed by atoms with Gasteiger partial charge in [-0.25, -0.2) is 12.8 Å². The zero-order chi connectivity index (χ0) is 15.8. The number of phenolic OH excluding ortho intramolecular Hbond substituents is 1. The largest absolute Gasteiger partial charge is 0.506 e. The van der Waals surface area contributed by atoms with Gasteiger partial charge in [0.05, 0.1) is 15.7 Å². The number of aryl methyl sites for hydroxylation is 1. The molecule has 0 heterocycles. The predicted octanol–water partition coefficient (Wildman–Crippen LogP) is 3.95. The molecule has 8 heteroatoms. The topological polar surface area (TPSA) is 66.4 Å². The fourth-order valence-electron chi connectivity index (χ4n) is 1.65. The van der Waals surface area contributed by atoms with Gasteiger partial charge in [-0.3, -0.25) is 4.72 Å². The molecule has 112 valence electrons. The molecule has 0 bridgehead atoms. The zero-order valence-corrected chi connectivity index (χ0v) is 13.0. The molecular formula is C13H10Cl2FNO3S. The van der Waals surface area contributed by atoms with Crippen LogP contribution >= 0.6 is 23.2 Å². The van der Waals surface area contributed by atoms with Gasteiger partial charge in [-0.15, -0.1) is 0 Å². The fraction of sp³-hybridized carbons (Fsp3) is 0.0769. The number of rotatable bonds is 3. The Morgan fingerprint density at radius 1 is 1.19 bits per heavy atom. The fourth-order valence-corrected chi connectivity index (χ4v) is 3.46. The average molecular weight is 350 g/mol. The van der Waals surface area contributed by atoms with Crippen LogP contribution in [0.3, 0.4) is 0 Å². The molecule has 21 heavy (non-hydrogen) atoms. The minimum atomic E-state index is -4.16. The van der Waals surface area contributed by atoms with Crippen LogP contribution in [0.4, 0.5) is 10.1 Å². The lowest BCUT2D eigenvalue weighted by Crippen LogP contribution is -2.14. The Labute approximate surface area is 131 Å². The van der Waals surface area contributed by atoms with E-state index in [4.69, 9.17) is 23.2 Å². The van der Waals surface area contributed by atoms with Crippen molar-refractivity contribution in [2.24, 2.45) is 0 Å². The van der Waals surface area contributed by atoms with Crippen LogP contribution in [0.1, 0.15) is 5.56 Å². The summed E-state index contributed by atoms with van der Waals surface area (Å²) in [4.78, 5) is -0.466. The summed E-state index contributed by atoms with van der Waals surface area (Å²) in [5.74, 6) is -1.27. The second-order valence-corrected chi connectivity index (χ2v) is 6.74. The highest BCUT2D eigenvalue weighted by molar-refractivity contribution is 7.92. The van der Waals surface area contributed by atoms with Crippen LogP contribution in [0.15, 0.2) is 35.2 Å². The van der Waals surface area contributed by atoms with E-state index in [1.807, 2.05) is 0 Å². The molecule has 0 aliphatic rings. The molecule has 2 N–H and O–H groups in total. The third-order valence-electron chi connectivity index (χ3n) is 2.69. The molecule has 0 fully saturated rings. The van der Waals surface area contributed by atoms with Crippen molar-refractivity contribution in [2.75, 3.05) is 4.72 Å². The van der Waals surface area contributed by atoms with Crippen molar-refractivity contribution in [1.82, 2.24) is 0 Å². The maximum Gasteiger partial charge on any atom is 0.263 e. The van der Waals surface area contributed by atoms with E-state index < -0.39 is 25.8 Å². The van der Waals surface area contributed by atoms with E-state index >= 15 is 0 Å². The molecular weight excluding hydrogens is 340 g/mol. The van der Waals surface area contributed by atoms with Crippen LogP contribution in [0.5, 0.6) is 5.75 Å². The van der Waals surface area contributed by atoms with E-state index in [2.05, 4.69) is 4.72 Å². The number of aromatic hydroxyl groups is 1. The van der Waals surface area contributed by atoms with Crippen molar-refractivity contribution in [3.63, 3.8) is 0 Å². The lowest BCUT2D eigenvalue weighted by Gasteiger charge is -2.12. The Kier molecular flexibility index (Phi) is 4.32. The van der Waals surface area contributed by atoms with Gasteiger partial charge in [0.15, 0.2) is 5.82 Å². The maximum atomic E-state index is 13.6. The van der Waals surface area contributed by atoms with Gasteiger partial charge in [0.25, 0.3) is 10.0 Å². The number of benzene rings is 2. The minimum Gasteiger partial charge on any atom is -0.506 e. The van der Waals surface area contributed by atoms with Crippen molar-refractivity contribution in [3.8, 4) is 5.75 Å². The van der Waals surface area contributed by atoms with E-state index in [0.717, 1.165) is 17.7 Å². The maximum absolute atomic E-state index is 13.6. The summed E-state index contributed by atoms with van der Waals surface area (Å²) in [6.07, 6.45) is 0. The molecule has 2 aromatic rings. The van der Waals surface area contributed by atoms with E-state index in [0.29, 0.717) is 0 Å². The van der Waals surface area contributed by atoms with Gasteiger partial charge in [0.1, 0.15) is 10.6 Å². The normalized spacial score (nSPS) is 11.4. The van der Waals surface area contributed by atoms with E-state index in [1.165, 1.54) is 12.1 Å². The SMILES string of the molecule is Cc1ccc(O)c(NS(=O)(=O)c2ccc(Cl)c(F)c2Cl)c1. The summed E-state index contributed by atoms with van der Waals surface area (Å²) >= 11 is 11.2. The molecule has 0 aromatic heterocycles. The summed E-state index contributed by atoms with van der Waals surface area (Å²) in [5, 5.41) is 8.77. The highest BCUT2D eigenvalue weighted by Crippen LogP contribution is 2.32. The first-order valence-electron chi connectivity index (χ1n) is 5.68. The summed E-state index contributed by atoms with van der Waals surface area (Å²) < 4.78 is 40.2. The van der Waals surface area contributed by atoms with Crippen molar-refractivity contribution in [2.45, 2.75) is 11.8 Å². The Morgan fingerprint density at radius 2 is 1.86 bits per heavy atom. The number of sulfonamides is 1. The lowest BCUT2D eigenvalue weighted by atomic mass is 10.2. The summed E-state index contributed by atoms with van der Waals surface area (Å²) in [6.45, 7) is 1.73. The molecule has 0 aliphatic carbocycles. The number of nitrogens with one attached hydrogen (secondary N) is 1. The first-order chi connectivity index (χ1) is 9.72. The van der Waals surface area contributed by atoms with Crippen molar-refractivity contribution in [1.29, 1.82) is 0 Å². The number of phenols is 1. The molecule has 0 radical (unpaired) electrons. The van der Waals surface area contributed by atoms with Gasteiger partial charge in [0.2, 0.25) is 0 Å². The molecule has 0 spiro atoms. The first-order valence-corrected chi connectivity index (χ1v) is 7.92. The van der Waals surface area contributed by atoms with E-state index in [9.17, 15) is 17.9 Å². The highest BCUT2D eigenvalue weighted by atomic mass is 35.5. The van der Waals surface area contributed by atoms with Crippen LogP contribution < -0.4 is 4.72 Å². The number of anilines is 1. The summed E-state index contributed by atoms with van der Waals surface area (Å²) in [6, 6.07) is 6.57. The number of hydrogen-bond acceptors (Lipinski definition) is 3. The molecule has 0 saturated heterocycles. The zero-order valence-electron chi connectivity index (χ0n) is 10.7. The van der Waals surface area contributed by atoms with Crippen LogP contribution in [-0.2, 0) is 10.0 Å². The third kappa shape index (κ3) is 3.23. The van der Waals surface area contributed by atoms with Crippen molar-refractivity contribution >= 4 is 38.9 Å². The van der Waals surface area contributed by atoms with Gasteiger partial charge in [-0.05, 0) is 36.8 Å². The Morgan fingerprint density at radius 3 is 2.52 bits per heavy atom. The molecule has 0 saturated carbocycles. The molecule has 0 atom stereocenters. The Hall–Kier alpha value is -1.50. The number of hydrogen-bond donors (Lipinski definition) is 2. The second kappa shape index (κ2) is 5.71. The van der Waals surface area contributed by atoms with Crippen LogP contribution in [0, 0.1) is 12.7 Å². The molecule has 4 nitrogen and oxygen atoms in total. The molecule has 0 amide bonds. The predicted molar refractivity (Wildman–Crippen MR) is 80.1 cm³/mol. The third-order valence-corrected chi connectivity index (χ3v) is 4.87. The monoisotopic (exact) mass is 349 g/mol.